The molecule has 3 aromatic carbocycles. The van der Waals surface area contributed by atoms with Crippen molar-refractivity contribution in [2.45, 2.75) is 38.8 Å². The first-order chi connectivity index (χ1) is 13.6. The number of benzene rings is 3. The molecule has 0 fully saturated rings. The zero-order chi connectivity index (χ0) is 19.8. The molecule has 0 heterocycles. The summed E-state index contributed by atoms with van der Waals surface area (Å²) >= 11 is 0. The van der Waals surface area contributed by atoms with E-state index in [1.54, 1.807) is 0 Å². The van der Waals surface area contributed by atoms with E-state index in [9.17, 15) is 4.39 Å². The smallest absolute Gasteiger partial charge is 0.123 e. The lowest BCUT2D eigenvalue weighted by Crippen LogP contribution is -2.18. The summed E-state index contributed by atoms with van der Waals surface area (Å²) < 4.78 is 19.1. The molecular weight excluding hydrogens is 349 g/mol. The van der Waals surface area contributed by atoms with Crippen LogP contribution in [0.1, 0.15) is 42.9 Å². The van der Waals surface area contributed by atoms with E-state index in [1.165, 1.54) is 23.3 Å². The first kappa shape index (κ1) is 20.1. The van der Waals surface area contributed by atoms with E-state index in [-0.39, 0.29) is 17.8 Å². The van der Waals surface area contributed by atoms with Crippen molar-refractivity contribution in [1.29, 1.82) is 0 Å². The fourth-order valence-corrected chi connectivity index (χ4v) is 3.35. The molecule has 2 nitrogen and oxygen atoms in total. The summed E-state index contributed by atoms with van der Waals surface area (Å²) in [6.45, 7) is 5.76. The van der Waals surface area contributed by atoms with E-state index >= 15 is 0 Å². The van der Waals surface area contributed by atoms with Gasteiger partial charge in [0.05, 0.1) is 6.10 Å². The standard InChI is InChI=1S/C25H28FNO/c1-19(2)28-24-14-10-22(11-15-24)25(21-8-12-23(26)13-9-21)16-17-27-18-20-6-4-3-5-7-20/h3-15,19,25,27H,16-18H2,1-2H3. The second-order valence-corrected chi connectivity index (χ2v) is 7.29. The Morgan fingerprint density at radius 1 is 0.821 bits per heavy atom. The predicted molar refractivity (Wildman–Crippen MR) is 113 cm³/mol. The molecule has 1 N–H and O–H groups in total. The maximum atomic E-state index is 13.4. The number of halogens is 1. The average Bonchev–Trinajstić information content (AvgIpc) is 2.70. The van der Waals surface area contributed by atoms with Gasteiger partial charge in [0.1, 0.15) is 11.6 Å². The van der Waals surface area contributed by atoms with Crippen molar-refractivity contribution in [2.75, 3.05) is 6.54 Å². The molecule has 28 heavy (non-hydrogen) atoms. The first-order valence-corrected chi connectivity index (χ1v) is 9.88. The molecule has 0 radical (unpaired) electrons. The quantitative estimate of drug-likeness (QED) is 0.467. The Balaban J connectivity index is 1.69. The van der Waals surface area contributed by atoms with Crippen molar-refractivity contribution in [2.24, 2.45) is 0 Å². The molecule has 1 atom stereocenters. The molecule has 3 aromatic rings. The Morgan fingerprint density at radius 2 is 1.43 bits per heavy atom. The molecular formula is C25H28FNO. The van der Waals surface area contributed by atoms with Crippen molar-refractivity contribution >= 4 is 0 Å². The summed E-state index contributed by atoms with van der Waals surface area (Å²) in [5, 5.41) is 3.52. The summed E-state index contributed by atoms with van der Waals surface area (Å²) in [6, 6.07) is 25.5. The first-order valence-electron chi connectivity index (χ1n) is 9.88. The Morgan fingerprint density at radius 3 is 2.04 bits per heavy atom. The van der Waals surface area contributed by atoms with Crippen molar-refractivity contribution in [3.63, 3.8) is 0 Å². The topological polar surface area (TPSA) is 21.3 Å². The van der Waals surface area contributed by atoms with Gasteiger partial charge in [0.25, 0.3) is 0 Å². The van der Waals surface area contributed by atoms with Gasteiger partial charge >= 0.3 is 0 Å². The molecule has 0 aliphatic heterocycles. The number of nitrogens with one attached hydrogen (secondary N) is 1. The van der Waals surface area contributed by atoms with Gasteiger partial charge in [-0.3, -0.25) is 0 Å². The minimum Gasteiger partial charge on any atom is -0.491 e. The van der Waals surface area contributed by atoms with Gasteiger partial charge in [0, 0.05) is 12.5 Å². The molecule has 0 amide bonds. The van der Waals surface area contributed by atoms with E-state index in [2.05, 4.69) is 41.7 Å². The molecule has 0 aliphatic rings. The Kier molecular flexibility index (Phi) is 7.21. The van der Waals surface area contributed by atoms with Gasteiger partial charge in [-0.1, -0.05) is 54.6 Å². The highest BCUT2D eigenvalue weighted by molar-refractivity contribution is 5.36. The van der Waals surface area contributed by atoms with Crippen LogP contribution in [0.25, 0.3) is 0 Å². The third-order valence-corrected chi connectivity index (χ3v) is 4.71. The van der Waals surface area contributed by atoms with E-state index in [1.807, 2.05) is 44.2 Å². The Hall–Kier alpha value is -2.65. The highest BCUT2D eigenvalue weighted by atomic mass is 19.1. The molecule has 146 valence electrons. The van der Waals surface area contributed by atoms with Crippen molar-refractivity contribution in [3.8, 4) is 5.75 Å². The van der Waals surface area contributed by atoms with Crippen LogP contribution in [0.15, 0.2) is 78.9 Å². The number of hydrogen-bond donors (Lipinski definition) is 1. The van der Waals surface area contributed by atoms with E-state index in [0.29, 0.717) is 0 Å². The van der Waals surface area contributed by atoms with Crippen molar-refractivity contribution in [3.05, 3.63) is 101 Å². The molecule has 0 aromatic heterocycles. The summed E-state index contributed by atoms with van der Waals surface area (Å²) in [6.07, 6.45) is 1.09. The van der Waals surface area contributed by atoms with E-state index < -0.39 is 0 Å². The largest absolute Gasteiger partial charge is 0.491 e. The third-order valence-electron chi connectivity index (χ3n) is 4.71. The maximum absolute atomic E-state index is 13.4. The van der Waals surface area contributed by atoms with Crippen LogP contribution in [0, 0.1) is 5.82 Å². The highest BCUT2D eigenvalue weighted by Gasteiger charge is 2.14. The third kappa shape index (κ3) is 5.93. The number of ether oxygens (including phenoxy) is 1. The maximum Gasteiger partial charge on any atom is 0.123 e. The fourth-order valence-electron chi connectivity index (χ4n) is 3.35. The second-order valence-electron chi connectivity index (χ2n) is 7.29. The summed E-state index contributed by atoms with van der Waals surface area (Å²) in [4.78, 5) is 0. The van der Waals surface area contributed by atoms with Crippen LogP contribution < -0.4 is 10.1 Å². The summed E-state index contributed by atoms with van der Waals surface area (Å²) in [5.74, 6) is 0.876. The van der Waals surface area contributed by atoms with Crippen LogP contribution in [0.3, 0.4) is 0 Å². The molecule has 0 saturated carbocycles. The molecule has 0 saturated heterocycles. The highest BCUT2D eigenvalue weighted by Crippen LogP contribution is 2.29. The monoisotopic (exact) mass is 377 g/mol. The lowest BCUT2D eigenvalue weighted by Gasteiger charge is -2.19. The minimum atomic E-state index is -0.203. The summed E-state index contributed by atoms with van der Waals surface area (Å²) in [5.41, 5.74) is 3.61. The van der Waals surface area contributed by atoms with Crippen molar-refractivity contribution < 1.29 is 9.13 Å². The number of hydrogen-bond acceptors (Lipinski definition) is 2. The molecule has 1 unspecified atom stereocenters. The van der Waals surface area contributed by atoms with Crippen LogP contribution in [0.4, 0.5) is 4.39 Å². The van der Waals surface area contributed by atoms with Crippen LogP contribution >= 0.6 is 0 Å². The molecule has 0 bridgehead atoms. The van der Waals surface area contributed by atoms with Crippen LogP contribution in [0.5, 0.6) is 5.75 Å². The van der Waals surface area contributed by atoms with Gasteiger partial charge in [0.15, 0.2) is 0 Å². The van der Waals surface area contributed by atoms with Crippen molar-refractivity contribution in [1.82, 2.24) is 5.32 Å². The molecule has 0 spiro atoms. The van der Waals surface area contributed by atoms with Gasteiger partial charge in [-0.2, -0.15) is 0 Å². The zero-order valence-electron chi connectivity index (χ0n) is 16.6. The van der Waals surface area contributed by atoms with E-state index in [4.69, 9.17) is 4.74 Å². The van der Waals surface area contributed by atoms with Crippen LogP contribution in [-0.2, 0) is 6.54 Å². The normalized spacial score (nSPS) is 12.1. The average molecular weight is 378 g/mol. The van der Waals surface area contributed by atoms with Crippen LogP contribution in [0.2, 0.25) is 0 Å². The lowest BCUT2D eigenvalue weighted by atomic mass is 9.88. The summed E-state index contributed by atoms with van der Waals surface area (Å²) in [7, 11) is 0. The zero-order valence-corrected chi connectivity index (χ0v) is 16.6. The number of rotatable bonds is 9. The van der Waals surface area contributed by atoms with Gasteiger partial charge in [0.2, 0.25) is 0 Å². The van der Waals surface area contributed by atoms with Crippen LogP contribution in [-0.4, -0.2) is 12.6 Å². The minimum absolute atomic E-state index is 0.154. The predicted octanol–water partition coefficient (Wildman–Crippen LogP) is 5.92. The SMILES string of the molecule is CC(C)Oc1ccc(C(CCNCc2ccccc2)c2ccc(F)cc2)cc1. The van der Waals surface area contributed by atoms with Gasteiger partial charge < -0.3 is 10.1 Å². The van der Waals surface area contributed by atoms with Gasteiger partial charge in [-0.15, -0.1) is 0 Å². The lowest BCUT2D eigenvalue weighted by molar-refractivity contribution is 0.242. The molecule has 3 rings (SSSR count). The Labute approximate surface area is 167 Å². The van der Waals surface area contributed by atoms with Gasteiger partial charge in [-0.05, 0) is 67.8 Å². The fraction of sp³-hybridized carbons (Fsp3) is 0.280. The van der Waals surface area contributed by atoms with E-state index in [0.717, 1.165) is 30.8 Å². The van der Waals surface area contributed by atoms with Gasteiger partial charge in [-0.25, -0.2) is 4.39 Å². The molecule has 3 heteroatoms. The molecule has 0 aliphatic carbocycles. The second kappa shape index (κ2) is 10.0. The Bertz CT molecular complexity index is 829.